The van der Waals surface area contributed by atoms with Crippen molar-refractivity contribution in [2.75, 3.05) is 31.1 Å². The second-order valence-corrected chi connectivity index (χ2v) is 8.38. The lowest BCUT2D eigenvalue weighted by atomic mass is 10.1. The van der Waals surface area contributed by atoms with E-state index in [1.807, 2.05) is 18.2 Å². The predicted molar refractivity (Wildman–Crippen MR) is 108 cm³/mol. The molecular formula is C21H28N6O. The molecule has 1 amide bonds. The first-order valence-corrected chi connectivity index (χ1v) is 10.5. The van der Waals surface area contributed by atoms with Crippen LogP contribution in [0.25, 0.3) is 11.5 Å². The van der Waals surface area contributed by atoms with E-state index in [1.54, 1.807) is 0 Å². The molecule has 3 N–H and O–H groups in total. The van der Waals surface area contributed by atoms with Gasteiger partial charge in [-0.15, -0.1) is 0 Å². The summed E-state index contributed by atoms with van der Waals surface area (Å²) in [5, 5.41) is 6.49. The minimum Gasteiger partial charge on any atom is -0.354 e. The van der Waals surface area contributed by atoms with Crippen molar-refractivity contribution in [2.45, 2.75) is 44.6 Å². The summed E-state index contributed by atoms with van der Waals surface area (Å²) in [6.45, 7) is 5.57. The number of anilines is 1. The summed E-state index contributed by atoms with van der Waals surface area (Å²) in [6, 6.07) is 6.31. The maximum Gasteiger partial charge on any atom is 0.224 e. The topological polar surface area (TPSA) is 85.9 Å². The number of rotatable bonds is 5. The van der Waals surface area contributed by atoms with Crippen LogP contribution in [0.5, 0.6) is 0 Å². The summed E-state index contributed by atoms with van der Waals surface area (Å²) < 4.78 is 0. The zero-order chi connectivity index (χ0) is 19.1. The van der Waals surface area contributed by atoms with Gasteiger partial charge in [-0.25, -0.2) is 9.97 Å². The average Bonchev–Trinajstić information content (AvgIpc) is 3.12. The van der Waals surface area contributed by atoms with Gasteiger partial charge in [0.05, 0.1) is 11.6 Å². The molecule has 0 aromatic carbocycles. The van der Waals surface area contributed by atoms with Crippen molar-refractivity contribution in [3.05, 3.63) is 29.6 Å². The number of aromatic nitrogens is 3. The fourth-order valence-corrected chi connectivity index (χ4v) is 4.36. The summed E-state index contributed by atoms with van der Waals surface area (Å²) in [5.41, 5.74) is 3.25. The van der Waals surface area contributed by atoms with Gasteiger partial charge < -0.3 is 20.5 Å². The summed E-state index contributed by atoms with van der Waals surface area (Å²) in [4.78, 5) is 27.7. The summed E-state index contributed by atoms with van der Waals surface area (Å²) in [6.07, 6.45) is 4.40. The van der Waals surface area contributed by atoms with E-state index >= 15 is 0 Å². The number of carbonyl (C=O) groups is 1. The highest BCUT2D eigenvalue weighted by Gasteiger charge is 2.30. The zero-order valence-electron chi connectivity index (χ0n) is 16.4. The quantitative estimate of drug-likeness (QED) is 0.738. The fraction of sp³-hybridized carbons (Fsp3) is 0.571. The van der Waals surface area contributed by atoms with Crippen LogP contribution in [0.2, 0.25) is 0 Å². The lowest BCUT2D eigenvalue weighted by molar-refractivity contribution is -0.125. The van der Waals surface area contributed by atoms with Crippen LogP contribution >= 0.6 is 0 Å². The zero-order valence-corrected chi connectivity index (χ0v) is 16.4. The number of hydrogen-bond donors (Lipinski definition) is 3. The van der Waals surface area contributed by atoms with Crippen molar-refractivity contribution in [1.29, 1.82) is 0 Å². The first kappa shape index (κ1) is 17.7. The maximum absolute atomic E-state index is 12.4. The average molecular weight is 380 g/mol. The van der Waals surface area contributed by atoms with Crippen molar-refractivity contribution in [3.8, 4) is 11.5 Å². The maximum atomic E-state index is 12.4. The molecule has 2 atom stereocenters. The SMILES string of the molecule is Cc1[nH]c(-c2cccc(N3CC[C@@H](NC(=O)[C@H]4CCNC4)C3)n2)nc1C1CC1. The third-order valence-corrected chi connectivity index (χ3v) is 6.15. The monoisotopic (exact) mass is 380 g/mol. The lowest BCUT2D eigenvalue weighted by Gasteiger charge is -2.19. The van der Waals surface area contributed by atoms with Crippen LogP contribution < -0.4 is 15.5 Å². The van der Waals surface area contributed by atoms with Crippen LogP contribution in [0.15, 0.2) is 18.2 Å². The Bertz CT molecular complexity index is 868. The Morgan fingerprint density at radius 1 is 1.21 bits per heavy atom. The number of aromatic amines is 1. The Morgan fingerprint density at radius 2 is 2.11 bits per heavy atom. The van der Waals surface area contributed by atoms with Crippen LogP contribution in [0.4, 0.5) is 5.82 Å². The Balaban J connectivity index is 1.26. The number of carbonyl (C=O) groups excluding carboxylic acids is 1. The van der Waals surface area contributed by atoms with Gasteiger partial charge in [-0.05, 0) is 51.3 Å². The van der Waals surface area contributed by atoms with Gasteiger partial charge in [-0.3, -0.25) is 4.79 Å². The molecule has 1 saturated carbocycles. The van der Waals surface area contributed by atoms with E-state index in [-0.39, 0.29) is 17.9 Å². The Kier molecular flexibility index (Phi) is 4.55. The van der Waals surface area contributed by atoms with Crippen LogP contribution in [0, 0.1) is 12.8 Å². The van der Waals surface area contributed by atoms with E-state index in [1.165, 1.54) is 18.5 Å². The Hall–Kier alpha value is -2.41. The first-order valence-electron chi connectivity index (χ1n) is 10.5. The van der Waals surface area contributed by atoms with Crippen LogP contribution in [-0.2, 0) is 4.79 Å². The molecule has 1 aliphatic carbocycles. The molecule has 7 nitrogen and oxygen atoms in total. The van der Waals surface area contributed by atoms with E-state index in [0.717, 1.165) is 62.1 Å². The molecular weight excluding hydrogens is 352 g/mol. The van der Waals surface area contributed by atoms with Crippen LogP contribution in [0.1, 0.15) is 43.0 Å². The molecule has 5 rings (SSSR count). The number of H-pyrrole nitrogens is 1. The molecule has 0 unspecified atom stereocenters. The van der Waals surface area contributed by atoms with E-state index in [0.29, 0.717) is 5.92 Å². The van der Waals surface area contributed by atoms with E-state index < -0.39 is 0 Å². The molecule has 7 heteroatoms. The van der Waals surface area contributed by atoms with Gasteiger partial charge in [0, 0.05) is 37.3 Å². The fourth-order valence-electron chi connectivity index (χ4n) is 4.36. The Labute approximate surface area is 165 Å². The van der Waals surface area contributed by atoms with Gasteiger partial charge in [0.2, 0.25) is 5.91 Å². The number of nitrogens with zero attached hydrogens (tertiary/aromatic N) is 3. The molecule has 0 radical (unpaired) electrons. The minimum atomic E-state index is 0.123. The summed E-state index contributed by atoms with van der Waals surface area (Å²) in [7, 11) is 0. The smallest absolute Gasteiger partial charge is 0.224 e. The number of amides is 1. The highest BCUT2D eigenvalue weighted by atomic mass is 16.2. The van der Waals surface area contributed by atoms with Gasteiger partial charge in [-0.1, -0.05) is 6.07 Å². The standard InChI is InChI=1S/C21H28N6O/c1-13-19(14-5-6-14)26-20(23-13)17-3-2-4-18(25-17)27-10-8-16(12-27)24-21(28)15-7-9-22-11-15/h2-4,14-16,22H,5-12H2,1H3,(H,23,26)(H,24,28)/t15-,16+/m0/s1. The second-order valence-electron chi connectivity index (χ2n) is 8.38. The normalized spacial score (nSPS) is 24.7. The van der Waals surface area contributed by atoms with Crippen molar-refractivity contribution < 1.29 is 4.79 Å². The molecule has 2 aliphatic heterocycles. The predicted octanol–water partition coefficient (Wildman–Crippen LogP) is 1.96. The van der Waals surface area contributed by atoms with Crippen LogP contribution in [-0.4, -0.2) is 53.1 Å². The van der Waals surface area contributed by atoms with E-state index in [4.69, 9.17) is 9.97 Å². The molecule has 2 saturated heterocycles. The molecule has 3 aliphatic rings. The van der Waals surface area contributed by atoms with Crippen molar-refractivity contribution in [2.24, 2.45) is 5.92 Å². The van der Waals surface area contributed by atoms with E-state index in [2.05, 4.69) is 27.4 Å². The number of nitrogens with one attached hydrogen (secondary N) is 3. The lowest BCUT2D eigenvalue weighted by Crippen LogP contribution is -2.41. The van der Waals surface area contributed by atoms with E-state index in [9.17, 15) is 4.79 Å². The molecule has 0 bridgehead atoms. The van der Waals surface area contributed by atoms with Gasteiger partial charge in [0.25, 0.3) is 0 Å². The summed E-state index contributed by atoms with van der Waals surface area (Å²) in [5.74, 6) is 2.76. The van der Waals surface area contributed by atoms with Gasteiger partial charge in [0.1, 0.15) is 11.5 Å². The third-order valence-electron chi connectivity index (χ3n) is 6.15. The first-order chi connectivity index (χ1) is 13.7. The largest absolute Gasteiger partial charge is 0.354 e. The summed E-state index contributed by atoms with van der Waals surface area (Å²) >= 11 is 0. The van der Waals surface area contributed by atoms with Crippen molar-refractivity contribution in [3.63, 3.8) is 0 Å². The second kappa shape index (κ2) is 7.20. The highest BCUT2D eigenvalue weighted by Crippen LogP contribution is 2.41. The number of aryl methyl sites for hydroxylation is 1. The van der Waals surface area contributed by atoms with Gasteiger partial charge in [0.15, 0.2) is 5.82 Å². The van der Waals surface area contributed by atoms with Gasteiger partial charge in [-0.2, -0.15) is 0 Å². The molecule has 148 valence electrons. The Morgan fingerprint density at radius 3 is 2.89 bits per heavy atom. The third kappa shape index (κ3) is 3.51. The molecule has 4 heterocycles. The van der Waals surface area contributed by atoms with Crippen molar-refractivity contribution >= 4 is 11.7 Å². The number of pyridine rings is 1. The number of hydrogen-bond acceptors (Lipinski definition) is 5. The van der Waals surface area contributed by atoms with Gasteiger partial charge >= 0.3 is 0 Å². The molecule has 2 aromatic heterocycles. The molecule has 2 aromatic rings. The van der Waals surface area contributed by atoms with Crippen molar-refractivity contribution in [1.82, 2.24) is 25.6 Å². The molecule has 3 fully saturated rings. The molecule has 28 heavy (non-hydrogen) atoms. The minimum absolute atomic E-state index is 0.123. The van der Waals surface area contributed by atoms with Crippen LogP contribution in [0.3, 0.4) is 0 Å². The highest BCUT2D eigenvalue weighted by molar-refractivity contribution is 5.79. The molecule has 0 spiro atoms. The number of imidazole rings is 1.